The highest BCUT2D eigenvalue weighted by Crippen LogP contribution is 2.17. The van der Waals surface area contributed by atoms with Crippen LogP contribution < -0.4 is 4.74 Å². The monoisotopic (exact) mass is 178 g/mol. The van der Waals surface area contributed by atoms with Crippen molar-refractivity contribution in [3.63, 3.8) is 0 Å². The van der Waals surface area contributed by atoms with Crippen LogP contribution in [0.15, 0.2) is 24.3 Å². The van der Waals surface area contributed by atoms with Crippen LogP contribution in [-0.2, 0) is 16.0 Å². The van der Waals surface area contributed by atoms with Gasteiger partial charge in [0.05, 0.1) is 7.11 Å². The number of aldehydes is 1. The zero-order valence-corrected chi connectivity index (χ0v) is 7.32. The summed E-state index contributed by atoms with van der Waals surface area (Å²) < 4.78 is 5.02. The summed E-state index contributed by atoms with van der Waals surface area (Å²) >= 11 is 0. The SMILES string of the molecule is COc1ccccc1CC(=O)C=O. The number of benzene rings is 1. The van der Waals surface area contributed by atoms with Crippen LogP contribution in [0.1, 0.15) is 5.56 Å². The van der Waals surface area contributed by atoms with Crippen molar-refractivity contribution in [2.45, 2.75) is 6.42 Å². The molecule has 0 unspecified atom stereocenters. The minimum absolute atomic E-state index is 0.105. The molecule has 0 N–H and O–H groups in total. The van der Waals surface area contributed by atoms with E-state index < -0.39 is 5.78 Å². The maximum atomic E-state index is 10.8. The summed E-state index contributed by atoms with van der Waals surface area (Å²) in [6, 6.07) is 7.14. The topological polar surface area (TPSA) is 43.4 Å². The summed E-state index contributed by atoms with van der Waals surface area (Å²) in [6.45, 7) is 0. The molecule has 0 spiro atoms. The second-order valence-electron chi connectivity index (χ2n) is 2.57. The van der Waals surface area contributed by atoms with Crippen molar-refractivity contribution < 1.29 is 14.3 Å². The lowest BCUT2D eigenvalue weighted by atomic mass is 10.1. The lowest BCUT2D eigenvalue weighted by Crippen LogP contribution is -2.04. The molecular formula is C10H10O3. The van der Waals surface area contributed by atoms with Gasteiger partial charge in [-0.15, -0.1) is 0 Å². The van der Waals surface area contributed by atoms with Gasteiger partial charge in [0.1, 0.15) is 5.75 Å². The van der Waals surface area contributed by atoms with Crippen LogP contribution in [-0.4, -0.2) is 19.2 Å². The van der Waals surface area contributed by atoms with Gasteiger partial charge in [-0.3, -0.25) is 9.59 Å². The Morgan fingerprint density at radius 2 is 2.15 bits per heavy atom. The van der Waals surface area contributed by atoms with Crippen molar-refractivity contribution in [2.24, 2.45) is 0 Å². The number of carbonyl (C=O) groups is 2. The largest absolute Gasteiger partial charge is 0.496 e. The Kier molecular flexibility index (Phi) is 3.20. The van der Waals surface area contributed by atoms with E-state index in [9.17, 15) is 9.59 Å². The predicted octanol–water partition coefficient (Wildman–Crippen LogP) is 1.01. The third kappa shape index (κ3) is 2.40. The van der Waals surface area contributed by atoms with Gasteiger partial charge in [-0.1, -0.05) is 18.2 Å². The molecular weight excluding hydrogens is 168 g/mol. The average Bonchev–Trinajstić information content (AvgIpc) is 2.18. The summed E-state index contributed by atoms with van der Waals surface area (Å²) in [5.74, 6) is 0.196. The van der Waals surface area contributed by atoms with Crippen LogP contribution in [0.5, 0.6) is 5.75 Å². The van der Waals surface area contributed by atoms with Gasteiger partial charge in [-0.05, 0) is 6.07 Å². The standard InChI is InChI=1S/C10H10O3/c1-13-10-5-3-2-4-8(10)6-9(12)7-11/h2-5,7H,6H2,1H3. The maximum absolute atomic E-state index is 10.8. The molecule has 0 fully saturated rings. The van der Waals surface area contributed by atoms with E-state index in [4.69, 9.17) is 4.74 Å². The van der Waals surface area contributed by atoms with Crippen molar-refractivity contribution in [1.82, 2.24) is 0 Å². The molecule has 0 amide bonds. The molecule has 1 aromatic carbocycles. The van der Waals surface area contributed by atoms with Crippen LogP contribution >= 0.6 is 0 Å². The highest BCUT2D eigenvalue weighted by atomic mass is 16.5. The van der Waals surface area contributed by atoms with Crippen molar-refractivity contribution >= 4 is 12.1 Å². The summed E-state index contributed by atoms with van der Waals surface area (Å²) in [6.07, 6.45) is 0.431. The number of methoxy groups -OCH3 is 1. The number of ether oxygens (including phenoxy) is 1. The van der Waals surface area contributed by atoms with Crippen molar-refractivity contribution in [3.8, 4) is 5.75 Å². The molecule has 0 atom stereocenters. The van der Waals surface area contributed by atoms with Crippen molar-refractivity contribution in [1.29, 1.82) is 0 Å². The quantitative estimate of drug-likeness (QED) is 0.510. The first-order valence-electron chi connectivity index (χ1n) is 3.88. The van der Waals surface area contributed by atoms with E-state index in [2.05, 4.69) is 0 Å². The fourth-order valence-corrected chi connectivity index (χ4v) is 1.08. The molecule has 0 aliphatic carbocycles. The molecule has 0 saturated heterocycles. The summed E-state index contributed by atoms with van der Waals surface area (Å²) in [5, 5.41) is 0. The summed E-state index contributed by atoms with van der Waals surface area (Å²) in [7, 11) is 1.53. The van der Waals surface area contributed by atoms with E-state index in [0.29, 0.717) is 12.0 Å². The lowest BCUT2D eigenvalue weighted by molar-refractivity contribution is -0.129. The van der Waals surface area contributed by atoms with Crippen molar-refractivity contribution in [2.75, 3.05) is 7.11 Å². The molecule has 0 bridgehead atoms. The zero-order chi connectivity index (χ0) is 9.68. The third-order valence-corrected chi connectivity index (χ3v) is 1.69. The number of para-hydroxylation sites is 1. The summed E-state index contributed by atoms with van der Waals surface area (Å²) in [5.41, 5.74) is 0.738. The molecule has 0 aliphatic heterocycles. The molecule has 3 nitrogen and oxygen atoms in total. The van der Waals surface area contributed by atoms with Crippen LogP contribution in [0.2, 0.25) is 0 Å². The minimum Gasteiger partial charge on any atom is -0.496 e. The smallest absolute Gasteiger partial charge is 0.199 e. The van der Waals surface area contributed by atoms with Gasteiger partial charge >= 0.3 is 0 Å². The van der Waals surface area contributed by atoms with Gasteiger partial charge in [-0.25, -0.2) is 0 Å². The number of ketones is 1. The van der Waals surface area contributed by atoms with Gasteiger partial charge in [0.15, 0.2) is 12.1 Å². The van der Waals surface area contributed by atoms with Crippen LogP contribution in [0, 0.1) is 0 Å². The maximum Gasteiger partial charge on any atom is 0.199 e. The molecule has 0 radical (unpaired) electrons. The Morgan fingerprint density at radius 3 is 2.77 bits per heavy atom. The van der Waals surface area contributed by atoms with Gasteiger partial charge in [0.2, 0.25) is 0 Å². The van der Waals surface area contributed by atoms with Crippen LogP contribution in [0.25, 0.3) is 0 Å². The zero-order valence-electron chi connectivity index (χ0n) is 7.32. The van der Waals surface area contributed by atoms with Crippen LogP contribution in [0.3, 0.4) is 0 Å². The minimum atomic E-state index is -0.440. The Bertz CT molecular complexity index is 318. The van der Waals surface area contributed by atoms with E-state index >= 15 is 0 Å². The first-order chi connectivity index (χ1) is 6.27. The van der Waals surface area contributed by atoms with Gasteiger partial charge in [-0.2, -0.15) is 0 Å². The lowest BCUT2D eigenvalue weighted by Gasteiger charge is -2.04. The van der Waals surface area contributed by atoms with Gasteiger partial charge in [0.25, 0.3) is 0 Å². The van der Waals surface area contributed by atoms with E-state index in [1.165, 1.54) is 7.11 Å². The van der Waals surface area contributed by atoms with Gasteiger partial charge < -0.3 is 4.74 Å². The van der Waals surface area contributed by atoms with E-state index in [1.807, 2.05) is 6.07 Å². The third-order valence-electron chi connectivity index (χ3n) is 1.69. The van der Waals surface area contributed by atoms with Crippen molar-refractivity contribution in [3.05, 3.63) is 29.8 Å². The number of rotatable bonds is 4. The number of hydrogen-bond acceptors (Lipinski definition) is 3. The number of Topliss-reactive ketones (excluding diaryl/α,β-unsaturated/α-hetero) is 1. The molecule has 0 aromatic heterocycles. The van der Waals surface area contributed by atoms with Crippen LogP contribution in [0.4, 0.5) is 0 Å². The highest BCUT2D eigenvalue weighted by Gasteiger charge is 2.06. The summed E-state index contributed by atoms with van der Waals surface area (Å²) in [4.78, 5) is 20.9. The Morgan fingerprint density at radius 1 is 1.46 bits per heavy atom. The molecule has 68 valence electrons. The fourth-order valence-electron chi connectivity index (χ4n) is 1.08. The van der Waals surface area contributed by atoms with Gasteiger partial charge in [0, 0.05) is 12.0 Å². The molecule has 0 aliphatic rings. The fraction of sp³-hybridized carbons (Fsp3) is 0.200. The Labute approximate surface area is 76.3 Å². The molecule has 1 rings (SSSR count). The van der Waals surface area contributed by atoms with E-state index in [1.54, 1.807) is 18.2 Å². The first kappa shape index (κ1) is 9.45. The van der Waals surface area contributed by atoms with E-state index in [-0.39, 0.29) is 6.42 Å². The second kappa shape index (κ2) is 4.40. The van der Waals surface area contributed by atoms with E-state index in [0.717, 1.165) is 5.56 Å². The Balaban J connectivity index is 2.86. The Hall–Kier alpha value is -1.64. The molecule has 1 aromatic rings. The number of hydrogen-bond donors (Lipinski definition) is 0. The normalized spacial score (nSPS) is 9.31. The average molecular weight is 178 g/mol. The molecule has 0 heterocycles. The predicted molar refractivity (Wildman–Crippen MR) is 47.8 cm³/mol. The highest BCUT2D eigenvalue weighted by molar-refractivity contribution is 6.25. The second-order valence-corrected chi connectivity index (χ2v) is 2.57. The first-order valence-corrected chi connectivity index (χ1v) is 3.88. The molecule has 3 heteroatoms. The number of carbonyl (C=O) groups excluding carboxylic acids is 2. The molecule has 0 saturated carbocycles. The molecule has 13 heavy (non-hydrogen) atoms.